The number of amides is 2. The van der Waals surface area contributed by atoms with E-state index in [0.717, 1.165) is 57.8 Å². The molecule has 7 heteroatoms. The fourth-order valence-electron chi connectivity index (χ4n) is 7.18. The quantitative estimate of drug-likeness (QED) is 0.464. The summed E-state index contributed by atoms with van der Waals surface area (Å²) in [5.74, 6) is 0.507. The Morgan fingerprint density at radius 2 is 1.81 bits per heavy atom. The van der Waals surface area contributed by atoms with E-state index >= 15 is 0 Å². The molecule has 0 radical (unpaired) electrons. The maximum Gasteiger partial charge on any atom is 0.252 e. The molecule has 1 aromatic rings. The molecule has 4 atom stereocenters. The molecule has 2 N–H and O–H groups in total. The van der Waals surface area contributed by atoms with Gasteiger partial charge in [0.1, 0.15) is 0 Å². The van der Waals surface area contributed by atoms with Gasteiger partial charge in [0.05, 0.1) is 18.6 Å². The molecule has 0 heterocycles. The average molecular weight is 515 g/mol. The van der Waals surface area contributed by atoms with E-state index in [-0.39, 0.29) is 47.6 Å². The van der Waals surface area contributed by atoms with Crippen molar-refractivity contribution >= 4 is 11.8 Å². The number of carbonyl (C=O) groups is 2. The number of halogens is 1. The van der Waals surface area contributed by atoms with E-state index in [2.05, 4.69) is 24.5 Å². The molecule has 4 aliphatic rings. The molecule has 4 saturated carbocycles. The number of nitrogens with one attached hydrogen (secondary N) is 2. The van der Waals surface area contributed by atoms with Crippen LogP contribution in [0.2, 0.25) is 0 Å². The molecule has 4 aliphatic carbocycles. The Kier molecular flexibility index (Phi) is 7.80. The van der Waals surface area contributed by atoms with Gasteiger partial charge >= 0.3 is 0 Å². The van der Waals surface area contributed by atoms with Crippen molar-refractivity contribution in [2.45, 2.75) is 96.8 Å². The maximum atomic E-state index is 15.0. The van der Waals surface area contributed by atoms with Crippen LogP contribution in [0.4, 0.5) is 4.39 Å². The van der Waals surface area contributed by atoms with Gasteiger partial charge in [-0.25, -0.2) is 4.39 Å². The molecule has 37 heavy (non-hydrogen) atoms. The minimum Gasteiger partial charge on any atom is -0.487 e. The minimum absolute atomic E-state index is 0.0361. The summed E-state index contributed by atoms with van der Waals surface area (Å²) >= 11 is 0. The summed E-state index contributed by atoms with van der Waals surface area (Å²) in [5.41, 5.74) is 1.07. The van der Waals surface area contributed by atoms with Crippen molar-refractivity contribution in [2.75, 3.05) is 13.7 Å². The topological polar surface area (TPSA) is 76.7 Å². The molecule has 0 aliphatic heterocycles. The van der Waals surface area contributed by atoms with E-state index < -0.39 is 5.82 Å². The predicted octanol–water partition coefficient (Wildman–Crippen LogP) is 5.38. The largest absolute Gasteiger partial charge is 0.487 e. The van der Waals surface area contributed by atoms with Gasteiger partial charge in [0.25, 0.3) is 5.91 Å². The number of benzene rings is 1. The lowest BCUT2D eigenvalue weighted by atomic mass is 9.70. The standard InChI is InChI=1S/C30H43FN2O4/c1-18-5-9-22(10-6-18)37-25-15-23(21(16-36-3)14-24(25)31)28(34)33-27-20-8-7-19(13-20)26(27)29(35)32-17-30(2)11-4-12-30/h14-15,18-20,22,26-27H,4-13,16-17H2,1-3H3,(H,32,35)(H,33,34)/t18-,19-,20+,22-,26+,27-/m1/s1. The second-order valence-corrected chi connectivity index (χ2v) is 12.6. The summed E-state index contributed by atoms with van der Waals surface area (Å²) in [5, 5.41) is 6.42. The third-order valence-corrected chi connectivity index (χ3v) is 9.73. The first-order chi connectivity index (χ1) is 17.8. The number of ether oxygens (including phenoxy) is 2. The second kappa shape index (κ2) is 10.9. The van der Waals surface area contributed by atoms with Crippen molar-refractivity contribution in [3.05, 3.63) is 29.1 Å². The number of carbonyl (C=O) groups excluding carboxylic acids is 2. The van der Waals surface area contributed by atoms with Gasteiger partial charge in [-0.05, 0) is 98.7 Å². The molecule has 204 valence electrons. The van der Waals surface area contributed by atoms with Crippen molar-refractivity contribution in [2.24, 2.45) is 29.1 Å². The van der Waals surface area contributed by atoms with Crippen LogP contribution in [-0.4, -0.2) is 37.6 Å². The van der Waals surface area contributed by atoms with E-state index in [1.165, 1.54) is 25.7 Å². The fourth-order valence-corrected chi connectivity index (χ4v) is 7.18. The molecule has 6 nitrogen and oxygen atoms in total. The van der Waals surface area contributed by atoms with Crippen molar-refractivity contribution in [1.29, 1.82) is 0 Å². The predicted molar refractivity (Wildman–Crippen MR) is 140 cm³/mol. The Bertz CT molecular complexity index is 1000. The Morgan fingerprint density at radius 1 is 1.08 bits per heavy atom. The van der Waals surface area contributed by atoms with Gasteiger partial charge in [-0.2, -0.15) is 0 Å². The highest BCUT2D eigenvalue weighted by atomic mass is 19.1. The zero-order valence-corrected chi connectivity index (χ0v) is 22.6. The minimum atomic E-state index is -0.469. The number of fused-ring (bicyclic) bond motifs is 2. The first kappa shape index (κ1) is 26.5. The zero-order valence-electron chi connectivity index (χ0n) is 22.6. The zero-order chi connectivity index (χ0) is 26.2. The Labute approximate surface area is 220 Å². The summed E-state index contributed by atoms with van der Waals surface area (Å²) < 4.78 is 26.3. The van der Waals surface area contributed by atoms with Gasteiger partial charge in [0.2, 0.25) is 5.91 Å². The Hall–Kier alpha value is -2.15. The lowest BCUT2D eigenvalue weighted by Crippen LogP contribution is -2.51. The molecule has 4 fully saturated rings. The van der Waals surface area contributed by atoms with Gasteiger partial charge in [-0.15, -0.1) is 0 Å². The molecule has 1 aromatic carbocycles. The molecule has 0 saturated heterocycles. The molecule has 2 amide bonds. The van der Waals surface area contributed by atoms with Crippen LogP contribution in [0.25, 0.3) is 0 Å². The first-order valence-electron chi connectivity index (χ1n) is 14.3. The number of hydrogen-bond acceptors (Lipinski definition) is 4. The summed E-state index contributed by atoms with van der Waals surface area (Å²) in [7, 11) is 1.53. The van der Waals surface area contributed by atoms with Gasteiger partial charge in [-0.1, -0.05) is 20.3 Å². The van der Waals surface area contributed by atoms with Crippen LogP contribution >= 0.6 is 0 Å². The monoisotopic (exact) mass is 514 g/mol. The van der Waals surface area contributed by atoms with Gasteiger partial charge in [-0.3, -0.25) is 9.59 Å². The molecule has 0 aromatic heterocycles. The van der Waals surface area contributed by atoms with Gasteiger partial charge in [0, 0.05) is 25.3 Å². The maximum absolute atomic E-state index is 15.0. The van der Waals surface area contributed by atoms with Crippen molar-refractivity contribution in [3.63, 3.8) is 0 Å². The van der Waals surface area contributed by atoms with E-state index in [9.17, 15) is 14.0 Å². The molecular weight excluding hydrogens is 471 g/mol. The number of rotatable bonds is 9. The summed E-state index contributed by atoms with van der Waals surface area (Å²) in [4.78, 5) is 26.9. The number of hydrogen-bond donors (Lipinski definition) is 2. The Balaban J connectivity index is 1.31. The van der Waals surface area contributed by atoms with Crippen LogP contribution in [0.5, 0.6) is 5.75 Å². The average Bonchev–Trinajstić information content (AvgIpc) is 3.46. The number of methoxy groups -OCH3 is 1. The molecule has 0 spiro atoms. The van der Waals surface area contributed by atoms with Crippen LogP contribution < -0.4 is 15.4 Å². The van der Waals surface area contributed by atoms with Crippen LogP contribution in [0.1, 0.15) is 94.0 Å². The molecule has 2 bridgehead atoms. The highest BCUT2D eigenvalue weighted by Crippen LogP contribution is 2.49. The Morgan fingerprint density at radius 3 is 2.49 bits per heavy atom. The van der Waals surface area contributed by atoms with Crippen LogP contribution in [-0.2, 0) is 16.1 Å². The van der Waals surface area contributed by atoms with Crippen LogP contribution in [0.3, 0.4) is 0 Å². The summed E-state index contributed by atoms with van der Waals surface area (Å²) in [6.45, 7) is 5.29. The van der Waals surface area contributed by atoms with Gasteiger partial charge in [0.15, 0.2) is 11.6 Å². The smallest absolute Gasteiger partial charge is 0.252 e. The van der Waals surface area contributed by atoms with E-state index in [0.29, 0.717) is 35.4 Å². The summed E-state index contributed by atoms with van der Waals surface area (Å²) in [6.07, 6.45) is 10.5. The lowest BCUT2D eigenvalue weighted by Gasteiger charge is -2.39. The van der Waals surface area contributed by atoms with Crippen molar-refractivity contribution in [3.8, 4) is 5.75 Å². The highest BCUT2D eigenvalue weighted by Gasteiger charge is 2.51. The van der Waals surface area contributed by atoms with E-state index in [4.69, 9.17) is 9.47 Å². The fraction of sp³-hybridized carbons (Fsp3) is 0.733. The third-order valence-electron chi connectivity index (χ3n) is 9.73. The second-order valence-electron chi connectivity index (χ2n) is 12.6. The van der Waals surface area contributed by atoms with Crippen molar-refractivity contribution < 1.29 is 23.5 Å². The molecule has 0 unspecified atom stereocenters. The highest BCUT2D eigenvalue weighted by molar-refractivity contribution is 5.97. The first-order valence-corrected chi connectivity index (χ1v) is 14.3. The van der Waals surface area contributed by atoms with Crippen LogP contribution in [0, 0.1) is 34.9 Å². The third kappa shape index (κ3) is 5.67. The molecule has 5 rings (SSSR count). The van der Waals surface area contributed by atoms with Crippen LogP contribution in [0.15, 0.2) is 12.1 Å². The van der Waals surface area contributed by atoms with Crippen molar-refractivity contribution in [1.82, 2.24) is 10.6 Å². The molecular formula is C30H43FN2O4. The van der Waals surface area contributed by atoms with Gasteiger partial charge < -0.3 is 20.1 Å². The lowest BCUT2D eigenvalue weighted by molar-refractivity contribution is -0.128. The van der Waals surface area contributed by atoms with E-state index in [1.54, 1.807) is 0 Å². The summed E-state index contributed by atoms with van der Waals surface area (Å²) in [6, 6.07) is 2.70. The normalized spacial score (nSPS) is 32.0. The SMILES string of the molecule is COCc1cc(F)c(O[C@H]2CC[C@H](C)CC2)cc1C(=O)N[C@@H]1[C@H]2CC[C@H](C2)[C@@H]1C(=O)NCC1(C)CCC1. The van der Waals surface area contributed by atoms with E-state index in [1.807, 2.05) is 0 Å².